The molecule has 2 aliphatic carbocycles. The van der Waals surface area contributed by atoms with Crippen LogP contribution in [-0.4, -0.2) is 41.3 Å². The lowest BCUT2D eigenvalue weighted by atomic mass is 9.99. The van der Waals surface area contributed by atoms with Crippen LogP contribution >= 0.6 is 0 Å². The number of amides is 2. The topological polar surface area (TPSA) is 85.3 Å². The number of hydrogen-bond donors (Lipinski definition) is 2. The fourth-order valence-corrected chi connectivity index (χ4v) is 4.29. The van der Waals surface area contributed by atoms with Crippen LogP contribution in [0.15, 0.2) is 36.7 Å². The lowest BCUT2D eigenvalue weighted by Gasteiger charge is -2.21. The number of benzene rings is 1. The first-order chi connectivity index (χ1) is 14.6. The van der Waals surface area contributed by atoms with Crippen molar-refractivity contribution >= 4 is 11.8 Å². The zero-order valence-electron chi connectivity index (χ0n) is 17.2. The third-order valence-electron chi connectivity index (χ3n) is 6.74. The summed E-state index contributed by atoms with van der Waals surface area (Å²) >= 11 is 0. The molecule has 7 heteroatoms. The van der Waals surface area contributed by atoms with Gasteiger partial charge in [0.05, 0.1) is 19.6 Å². The average molecular weight is 409 g/mol. The van der Waals surface area contributed by atoms with E-state index in [1.165, 1.54) is 11.1 Å². The van der Waals surface area contributed by atoms with Crippen molar-refractivity contribution in [3.05, 3.63) is 53.3 Å². The summed E-state index contributed by atoms with van der Waals surface area (Å²) < 4.78 is 7.24. The first-order valence-corrected chi connectivity index (χ1v) is 10.8. The summed E-state index contributed by atoms with van der Waals surface area (Å²) in [6.07, 6.45) is 8.58. The molecule has 1 aliphatic heterocycles. The molecule has 1 aromatic carbocycles. The van der Waals surface area contributed by atoms with Crippen LogP contribution in [0.2, 0.25) is 0 Å². The molecule has 0 saturated heterocycles. The van der Waals surface area contributed by atoms with E-state index in [9.17, 15) is 9.59 Å². The Hall–Kier alpha value is -2.67. The predicted molar refractivity (Wildman–Crippen MR) is 111 cm³/mol. The molecule has 2 saturated carbocycles. The van der Waals surface area contributed by atoms with Gasteiger partial charge < -0.3 is 15.4 Å². The number of fused-ring (bicyclic) bond motifs is 1. The standard InChI is InChI=1S/C23H28N4O3/c28-20(13-17-2-3-19-14-30-11-4-18(19)12-17)24-15-22(5-6-22)16-25-21(29)23(7-8-23)27-10-1-9-26-27/h1-3,9-10,12H,4-8,11,13-16H2,(H,24,28)(H,25,29). The molecule has 0 atom stereocenters. The van der Waals surface area contributed by atoms with E-state index in [0.717, 1.165) is 44.3 Å². The highest BCUT2D eigenvalue weighted by atomic mass is 16.5. The maximum absolute atomic E-state index is 12.7. The number of carbonyl (C=O) groups is 2. The van der Waals surface area contributed by atoms with Crippen LogP contribution in [0.25, 0.3) is 0 Å². The number of aromatic nitrogens is 2. The first-order valence-electron chi connectivity index (χ1n) is 10.8. The number of rotatable bonds is 8. The Morgan fingerprint density at radius 2 is 1.93 bits per heavy atom. The zero-order chi connectivity index (χ0) is 20.6. The van der Waals surface area contributed by atoms with Crippen LogP contribution < -0.4 is 10.6 Å². The SMILES string of the molecule is O=C(Cc1ccc2c(c1)CCOC2)NCC1(CNC(=O)C2(n3cccn3)CC2)CC1. The highest BCUT2D eigenvalue weighted by Crippen LogP contribution is 2.46. The van der Waals surface area contributed by atoms with Crippen molar-refractivity contribution in [2.24, 2.45) is 5.41 Å². The van der Waals surface area contributed by atoms with Crippen LogP contribution in [0.3, 0.4) is 0 Å². The van der Waals surface area contributed by atoms with Crippen molar-refractivity contribution < 1.29 is 14.3 Å². The van der Waals surface area contributed by atoms with Crippen molar-refractivity contribution in [3.63, 3.8) is 0 Å². The van der Waals surface area contributed by atoms with Crippen LogP contribution in [-0.2, 0) is 39.3 Å². The van der Waals surface area contributed by atoms with Gasteiger partial charge in [0.15, 0.2) is 0 Å². The van der Waals surface area contributed by atoms with Gasteiger partial charge >= 0.3 is 0 Å². The number of nitrogens with one attached hydrogen (secondary N) is 2. The smallest absolute Gasteiger partial charge is 0.248 e. The van der Waals surface area contributed by atoms with E-state index in [2.05, 4.69) is 27.9 Å². The lowest BCUT2D eigenvalue weighted by Crippen LogP contribution is -2.44. The Balaban J connectivity index is 1.10. The minimum Gasteiger partial charge on any atom is -0.376 e. The van der Waals surface area contributed by atoms with Crippen LogP contribution in [0.4, 0.5) is 0 Å². The molecular formula is C23H28N4O3. The predicted octanol–water partition coefficient (Wildman–Crippen LogP) is 1.70. The number of hydrogen-bond acceptors (Lipinski definition) is 4. The molecule has 2 amide bonds. The molecular weight excluding hydrogens is 380 g/mol. The summed E-state index contributed by atoms with van der Waals surface area (Å²) in [7, 11) is 0. The Morgan fingerprint density at radius 3 is 2.67 bits per heavy atom. The van der Waals surface area contributed by atoms with Gasteiger partial charge in [0.25, 0.3) is 0 Å². The third kappa shape index (κ3) is 3.86. The van der Waals surface area contributed by atoms with E-state index in [0.29, 0.717) is 26.1 Å². The van der Waals surface area contributed by atoms with Gasteiger partial charge in [0.2, 0.25) is 11.8 Å². The zero-order valence-corrected chi connectivity index (χ0v) is 17.2. The molecule has 0 bridgehead atoms. The third-order valence-corrected chi connectivity index (χ3v) is 6.74. The van der Waals surface area contributed by atoms with E-state index in [-0.39, 0.29) is 17.2 Å². The second-order valence-corrected chi connectivity index (χ2v) is 9.02. The summed E-state index contributed by atoms with van der Waals surface area (Å²) in [5, 5.41) is 10.5. The van der Waals surface area contributed by atoms with Crippen LogP contribution in [0, 0.1) is 5.41 Å². The van der Waals surface area contributed by atoms with Crippen molar-refractivity contribution in [2.75, 3.05) is 19.7 Å². The molecule has 30 heavy (non-hydrogen) atoms. The Bertz CT molecular complexity index is 945. The number of carbonyl (C=O) groups excluding carboxylic acids is 2. The normalized spacial score (nSPS) is 20.1. The molecule has 0 radical (unpaired) electrons. The molecule has 2 fully saturated rings. The van der Waals surface area contributed by atoms with Gasteiger partial charge in [-0.05, 0) is 54.9 Å². The molecule has 2 N–H and O–H groups in total. The molecule has 2 aromatic rings. The monoisotopic (exact) mass is 408 g/mol. The Kier molecular flexibility index (Phi) is 4.85. The largest absolute Gasteiger partial charge is 0.376 e. The first kappa shape index (κ1) is 19.3. The van der Waals surface area contributed by atoms with Gasteiger partial charge in [0, 0.05) is 30.9 Å². The fourth-order valence-electron chi connectivity index (χ4n) is 4.29. The van der Waals surface area contributed by atoms with Gasteiger partial charge in [-0.1, -0.05) is 18.2 Å². The van der Waals surface area contributed by atoms with E-state index in [1.54, 1.807) is 10.9 Å². The van der Waals surface area contributed by atoms with Crippen molar-refractivity contribution in [3.8, 4) is 0 Å². The molecule has 0 spiro atoms. The minimum absolute atomic E-state index is 0.00128. The fraction of sp³-hybridized carbons (Fsp3) is 0.522. The maximum Gasteiger partial charge on any atom is 0.248 e. The van der Waals surface area contributed by atoms with E-state index < -0.39 is 5.54 Å². The second kappa shape index (κ2) is 7.54. The molecule has 5 rings (SSSR count). The maximum atomic E-state index is 12.7. The lowest BCUT2D eigenvalue weighted by molar-refractivity contribution is -0.126. The summed E-state index contributed by atoms with van der Waals surface area (Å²) in [6.45, 7) is 2.63. The van der Waals surface area contributed by atoms with Gasteiger partial charge in [-0.15, -0.1) is 0 Å². The molecule has 1 aromatic heterocycles. The molecule has 2 heterocycles. The summed E-state index contributed by atoms with van der Waals surface area (Å²) in [4.78, 5) is 25.2. The quantitative estimate of drug-likeness (QED) is 0.696. The second-order valence-electron chi connectivity index (χ2n) is 9.02. The summed E-state index contributed by atoms with van der Waals surface area (Å²) in [5.41, 5.74) is 3.06. The average Bonchev–Trinajstić information content (AvgIpc) is 3.68. The molecule has 158 valence electrons. The van der Waals surface area contributed by atoms with Gasteiger partial charge in [-0.25, -0.2) is 0 Å². The number of nitrogens with zero attached hydrogens (tertiary/aromatic N) is 2. The van der Waals surface area contributed by atoms with E-state index in [1.807, 2.05) is 18.3 Å². The molecule has 3 aliphatic rings. The van der Waals surface area contributed by atoms with Crippen molar-refractivity contribution in [1.82, 2.24) is 20.4 Å². The minimum atomic E-state index is -0.500. The van der Waals surface area contributed by atoms with E-state index in [4.69, 9.17) is 4.74 Å². The van der Waals surface area contributed by atoms with E-state index >= 15 is 0 Å². The van der Waals surface area contributed by atoms with Crippen LogP contribution in [0.5, 0.6) is 0 Å². The Morgan fingerprint density at radius 1 is 1.10 bits per heavy atom. The van der Waals surface area contributed by atoms with Crippen molar-refractivity contribution in [1.29, 1.82) is 0 Å². The molecule has 7 nitrogen and oxygen atoms in total. The van der Waals surface area contributed by atoms with Crippen LogP contribution in [0.1, 0.15) is 42.4 Å². The number of ether oxygens (including phenoxy) is 1. The van der Waals surface area contributed by atoms with Gasteiger partial charge in [-0.3, -0.25) is 14.3 Å². The highest BCUT2D eigenvalue weighted by Gasteiger charge is 2.53. The van der Waals surface area contributed by atoms with Gasteiger partial charge in [0.1, 0.15) is 5.54 Å². The van der Waals surface area contributed by atoms with Crippen molar-refractivity contribution in [2.45, 2.75) is 50.7 Å². The Labute approximate surface area is 176 Å². The highest BCUT2D eigenvalue weighted by molar-refractivity contribution is 5.87. The molecule has 0 unspecified atom stereocenters. The van der Waals surface area contributed by atoms with Gasteiger partial charge in [-0.2, -0.15) is 5.10 Å². The summed E-state index contributed by atoms with van der Waals surface area (Å²) in [5.74, 6) is 0.0802. The summed E-state index contributed by atoms with van der Waals surface area (Å²) in [6, 6.07) is 8.07.